The highest BCUT2D eigenvalue weighted by atomic mass is 16.3. The van der Waals surface area contributed by atoms with E-state index >= 15 is 0 Å². The van der Waals surface area contributed by atoms with Crippen molar-refractivity contribution < 1.29 is 10.2 Å². The van der Waals surface area contributed by atoms with Gasteiger partial charge in [0, 0.05) is 12.5 Å². The SMILES string of the molecule is CCC1CC(O)C(CO)C1. The Morgan fingerprint density at radius 3 is 2.40 bits per heavy atom. The lowest BCUT2D eigenvalue weighted by Gasteiger charge is -2.08. The van der Waals surface area contributed by atoms with Gasteiger partial charge in [-0.1, -0.05) is 13.3 Å². The second-order valence-electron chi connectivity index (χ2n) is 3.26. The van der Waals surface area contributed by atoms with Crippen LogP contribution in [0.2, 0.25) is 0 Å². The molecule has 0 spiro atoms. The Hall–Kier alpha value is -0.0800. The summed E-state index contributed by atoms with van der Waals surface area (Å²) < 4.78 is 0. The Balaban J connectivity index is 2.36. The second-order valence-corrected chi connectivity index (χ2v) is 3.26. The molecule has 2 heteroatoms. The van der Waals surface area contributed by atoms with E-state index in [1.165, 1.54) is 0 Å². The highest BCUT2D eigenvalue weighted by Gasteiger charge is 2.30. The smallest absolute Gasteiger partial charge is 0.0593 e. The van der Waals surface area contributed by atoms with E-state index in [0.29, 0.717) is 5.92 Å². The van der Waals surface area contributed by atoms with Gasteiger partial charge in [-0.05, 0) is 18.8 Å². The first-order valence-electron chi connectivity index (χ1n) is 4.06. The van der Waals surface area contributed by atoms with E-state index in [-0.39, 0.29) is 18.6 Å². The third kappa shape index (κ3) is 1.50. The standard InChI is InChI=1S/C8H16O2/c1-2-6-3-7(5-9)8(10)4-6/h6-10H,2-5H2,1H3. The normalized spacial score (nSPS) is 40.5. The van der Waals surface area contributed by atoms with Crippen LogP contribution < -0.4 is 0 Å². The van der Waals surface area contributed by atoms with Gasteiger partial charge < -0.3 is 10.2 Å². The molecule has 0 aromatic heterocycles. The molecule has 0 amide bonds. The second kappa shape index (κ2) is 3.35. The highest BCUT2D eigenvalue weighted by molar-refractivity contribution is 4.81. The molecular weight excluding hydrogens is 128 g/mol. The van der Waals surface area contributed by atoms with Crippen molar-refractivity contribution in [2.24, 2.45) is 11.8 Å². The van der Waals surface area contributed by atoms with Gasteiger partial charge in [0.2, 0.25) is 0 Å². The van der Waals surface area contributed by atoms with Crippen molar-refractivity contribution in [3.05, 3.63) is 0 Å². The first-order chi connectivity index (χ1) is 4.77. The van der Waals surface area contributed by atoms with Gasteiger partial charge in [-0.15, -0.1) is 0 Å². The summed E-state index contributed by atoms with van der Waals surface area (Å²) in [6.07, 6.45) is 2.79. The van der Waals surface area contributed by atoms with E-state index in [9.17, 15) is 5.11 Å². The van der Waals surface area contributed by atoms with Crippen molar-refractivity contribution in [3.8, 4) is 0 Å². The van der Waals surface area contributed by atoms with Gasteiger partial charge in [0.25, 0.3) is 0 Å². The average molecular weight is 144 g/mol. The molecule has 1 aliphatic carbocycles. The number of hydrogen-bond acceptors (Lipinski definition) is 2. The Kier molecular flexibility index (Phi) is 2.69. The molecule has 1 rings (SSSR count). The summed E-state index contributed by atoms with van der Waals surface area (Å²) in [6, 6.07) is 0. The third-order valence-corrected chi connectivity index (χ3v) is 2.57. The van der Waals surface area contributed by atoms with Crippen molar-refractivity contribution in [2.45, 2.75) is 32.3 Å². The Morgan fingerprint density at radius 2 is 2.10 bits per heavy atom. The van der Waals surface area contributed by atoms with Crippen LogP contribution in [0.5, 0.6) is 0 Å². The lowest BCUT2D eigenvalue weighted by atomic mass is 10.0. The van der Waals surface area contributed by atoms with Crippen LogP contribution in [0.3, 0.4) is 0 Å². The van der Waals surface area contributed by atoms with Crippen LogP contribution in [0.15, 0.2) is 0 Å². The zero-order valence-corrected chi connectivity index (χ0v) is 6.45. The molecule has 0 bridgehead atoms. The number of hydrogen-bond donors (Lipinski definition) is 2. The van der Waals surface area contributed by atoms with E-state index < -0.39 is 0 Å². The van der Waals surface area contributed by atoms with E-state index in [0.717, 1.165) is 19.3 Å². The molecule has 60 valence electrons. The zero-order chi connectivity index (χ0) is 7.56. The minimum Gasteiger partial charge on any atom is -0.396 e. The molecule has 1 saturated carbocycles. The molecule has 0 aromatic carbocycles. The van der Waals surface area contributed by atoms with Gasteiger partial charge in [-0.3, -0.25) is 0 Å². The van der Waals surface area contributed by atoms with Gasteiger partial charge in [-0.2, -0.15) is 0 Å². The number of aliphatic hydroxyl groups excluding tert-OH is 2. The largest absolute Gasteiger partial charge is 0.396 e. The van der Waals surface area contributed by atoms with E-state index in [1.54, 1.807) is 0 Å². The molecule has 10 heavy (non-hydrogen) atoms. The van der Waals surface area contributed by atoms with Crippen LogP contribution in [-0.4, -0.2) is 22.9 Å². The predicted octanol–water partition coefficient (Wildman–Crippen LogP) is 0.776. The summed E-state index contributed by atoms with van der Waals surface area (Å²) >= 11 is 0. The van der Waals surface area contributed by atoms with Crippen LogP contribution in [0.25, 0.3) is 0 Å². The van der Waals surface area contributed by atoms with Crippen molar-refractivity contribution in [1.82, 2.24) is 0 Å². The van der Waals surface area contributed by atoms with Gasteiger partial charge in [0.15, 0.2) is 0 Å². The topological polar surface area (TPSA) is 40.5 Å². The summed E-state index contributed by atoms with van der Waals surface area (Å²) in [6.45, 7) is 2.29. The fourth-order valence-electron chi connectivity index (χ4n) is 1.74. The van der Waals surface area contributed by atoms with Crippen molar-refractivity contribution >= 4 is 0 Å². The molecule has 1 fully saturated rings. The maximum Gasteiger partial charge on any atom is 0.0593 e. The first kappa shape index (κ1) is 8.02. The van der Waals surface area contributed by atoms with Crippen molar-refractivity contribution in [1.29, 1.82) is 0 Å². The lowest BCUT2D eigenvalue weighted by Crippen LogP contribution is -2.16. The van der Waals surface area contributed by atoms with Gasteiger partial charge in [0.1, 0.15) is 0 Å². The monoisotopic (exact) mass is 144 g/mol. The molecule has 0 aliphatic heterocycles. The molecule has 1 aliphatic rings. The van der Waals surface area contributed by atoms with E-state index in [1.807, 2.05) is 0 Å². The molecular formula is C8H16O2. The Morgan fingerprint density at radius 1 is 1.40 bits per heavy atom. The van der Waals surface area contributed by atoms with Crippen LogP contribution in [0.1, 0.15) is 26.2 Å². The maximum atomic E-state index is 9.33. The average Bonchev–Trinajstić information content (AvgIpc) is 2.30. The predicted molar refractivity (Wildman–Crippen MR) is 39.6 cm³/mol. The van der Waals surface area contributed by atoms with E-state index in [2.05, 4.69) is 6.92 Å². The lowest BCUT2D eigenvalue weighted by molar-refractivity contribution is 0.0906. The fourth-order valence-corrected chi connectivity index (χ4v) is 1.74. The Bertz CT molecular complexity index is 103. The molecule has 0 aromatic rings. The quantitative estimate of drug-likeness (QED) is 0.601. The van der Waals surface area contributed by atoms with Crippen LogP contribution >= 0.6 is 0 Å². The molecule has 0 heterocycles. The molecule has 2 N–H and O–H groups in total. The first-order valence-corrected chi connectivity index (χ1v) is 4.06. The molecule has 3 unspecified atom stereocenters. The van der Waals surface area contributed by atoms with Gasteiger partial charge in [0.05, 0.1) is 6.10 Å². The molecule has 0 saturated heterocycles. The third-order valence-electron chi connectivity index (χ3n) is 2.57. The minimum absolute atomic E-state index is 0.150. The molecule has 2 nitrogen and oxygen atoms in total. The van der Waals surface area contributed by atoms with Crippen LogP contribution in [0, 0.1) is 11.8 Å². The summed E-state index contributed by atoms with van der Waals surface area (Å²) in [7, 11) is 0. The summed E-state index contributed by atoms with van der Waals surface area (Å²) in [5, 5.41) is 18.1. The Labute approximate surface area is 61.9 Å². The number of aliphatic hydroxyl groups is 2. The van der Waals surface area contributed by atoms with Crippen molar-refractivity contribution in [2.75, 3.05) is 6.61 Å². The molecule has 3 atom stereocenters. The molecule has 0 radical (unpaired) electrons. The minimum atomic E-state index is -0.241. The van der Waals surface area contributed by atoms with E-state index in [4.69, 9.17) is 5.11 Å². The van der Waals surface area contributed by atoms with Gasteiger partial charge >= 0.3 is 0 Å². The van der Waals surface area contributed by atoms with Gasteiger partial charge in [-0.25, -0.2) is 0 Å². The zero-order valence-electron chi connectivity index (χ0n) is 6.45. The highest BCUT2D eigenvalue weighted by Crippen LogP contribution is 2.32. The maximum absolute atomic E-state index is 9.33. The summed E-state index contributed by atoms with van der Waals surface area (Å²) in [4.78, 5) is 0. The summed E-state index contributed by atoms with van der Waals surface area (Å²) in [5.74, 6) is 0.803. The fraction of sp³-hybridized carbons (Fsp3) is 1.00. The van der Waals surface area contributed by atoms with Crippen LogP contribution in [-0.2, 0) is 0 Å². The van der Waals surface area contributed by atoms with Crippen molar-refractivity contribution in [3.63, 3.8) is 0 Å². The number of rotatable bonds is 2. The van der Waals surface area contributed by atoms with Crippen LogP contribution in [0.4, 0.5) is 0 Å². The summed E-state index contributed by atoms with van der Waals surface area (Å²) in [5.41, 5.74) is 0.